The van der Waals surface area contributed by atoms with Gasteiger partial charge in [-0.15, -0.1) is 16.4 Å². The Labute approximate surface area is 136 Å². The molecule has 0 fully saturated rings. The largest absolute Gasteiger partial charge is 0.462 e. The van der Waals surface area contributed by atoms with E-state index in [2.05, 4.69) is 15.4 Å². The van der Waals surface area contributed by atoms with Gasteiger partial charge in [0.2, 0.25) is 5.91 Å². The van der Waals surface area contributed by atoms with Crippen LogP contribution >= 0.6 is 11.3 Å². The van der Waals surface area contributed by atoms with Crippen LogP contribution in [0.2, 0.25) is 0 Å². The summed E-state index contributed by atoms with van der Waals surface area (Å²) < 4.78 is 6.25. The number of carbonyl (C=O) groups excluding carboxylic acids is 2. The van der Waals surface area contributed by atoms with Crippen molar-refractivity contribution >= 4 is 28.2 Å². The Morgan fingerprint density at radius 2 is 2.26 bits per heavy atom. The minimum atomic E-state index is -0.466. The zero-order chi connectivity index (χ0) is 16.8. The third kappa shape index (κ3) is 4.14. The molecule has 0 aliphatic rings. The number of amides is 1. The fraction of sp³-hybridized carbons (Fsp3) is 0.357. The third-order valence-corrected chi connectivity index (χ3v) is 4.02. The van der Waals surface area contributed by atoms with Gasteiger partial charge in [0.1, 0.15) is 23.9 Å². The van der Waals surface area contributed by atoms with E-state index >= 15 is 0 Å². The number of ether oxygens (including phenoxy) is 1. The lowest BCUT2D eigenvalue weighted by molar-refractivity contribution is -0.116. The van der Waals surface area contributed by atoms with Crippen molar-refractivity contribution in [2.45, 2.75) is 26.8 Å². The molecule has 23 heavy (non-hydrogen) atoms. The van der Waals surface area contributed by atoms with Crippen LogP contribution in [0.4, 0.5) is 5.00 Å². The fourth-order valence-corrected chi connectivity index (χ4v) is 2.81. The van der Waals surface area contributed by atoms with E-state index in [0.29, 0.717) is 10.6 Å². The molecule has 120 valence electrons. The number of rotatable bonds is 6. The molecule has 0 spiro atoms. The highest BCUT2D eigenvalue weighted by Gasteiger charge is 2.19. The van der Waals surface area contributed by atoms with Crippen LogP contribution in [-0.2, 0) is 22.5 Å². The van der Waals surface area contributed by atoms with Crippen molar-refractivity contribution in [1.29, 1.82) is 5.26 Å². The number of anilines is 1. The lowest BCUT2D eigenvalue weighted by Crippen LogP contribution is -2.20. The summed E-state index contributed by atoms with van der Waals surface area (Å²) in [6, 6.07) is 3.51. The van der Waals surface area contributed by atoms with Gasteiger partial charge in [0, 0.05) is 4.88 Å². The summed E-state index contributed by atoms with van der Waals surface area (Å²) in [5, 5.41) is 15.6. The maximum Gasteiger partial charge on any atom is 0.341 e. The quantitative estimate of drug-likeness (QED) is 0.804. The number of nitrogens with one attached hydrogen (secondary N) is 1. The van der Waals surface area contributed by atoms with Gasteiger partial charge in [0.05, 0.1) is 12.2 Å². The van der Waals surface area contributed by atoms with Gasteiger partial charge in [-0.2, -0.15) is 5.26 Å². The van der Waals surface area contributed by atoms with Crippen LogP contribution in [0.5, 0.6) is 0 Å². The minimum absolute atomic E-state index is 0.00518. The number of esters is 1. The highest BCUT2D eigenvalue weighted by molar-refractivity contribution is 7.16. The fourth-order valence-electron chi connectivity index (χ4n) is 1.80. The molecular formula is C14H15N5O3S. The van der Waals surface area contributed by atoms with Crippen molar-refractivity contribution in [1.82, 2.24) is 14.8 Å². The van der Waals surface area contributed by atoms with Crippen molar-refractivity contribution in [3.8, 4) is 6.07 Å². The first-order chi connectivity index (χ1) is 11.1. The number of thiophene rings is 1. The number of hydrogen-bond acceptors (Lipinski definition) is 7. The zero-order valence-electron chi connectivity index (χ0n) is 12.7. The molecule has 1 N–H and O–H groups in total. The number of nitrogens with zero attached hydrogens (tertiary/aromatic N) is 4. The van der Waals surface area contributed by atoms with Crippen molar-refractivity contribution in [3.63, 3.8) is 0 Å². The normalized spacial score (nSPS) is 10.1. The molecule has 0 unspecified atom stereocenters. The molecule has 2 heterocycles. The number of aromatic nitrogens is 3. The molecule has 2 aromatic heterocycles. The van der Waals surface area contributed by atoms with Crippen LogP contribution in [0.1, 0.15) is 34.9 Å². The van der Waals surface area contributed by atoms with Gasteiger partial charge in [-0.25, -0.2) is 14.5 Å². The standard InChI is InChI=1S/C14H15N5O3S/c1-3-9-5-10(14(21)22-4-2)13(23-9)17-12(20)7-19-8-16-11(6-15)18-19/h5,8H,3-4,7H2,1-2H3,(H,17,20). The van der Waals surface area contributed by atoms with E-state index in [-0.39, 0.29) is 24.9 Å². The summed E-state index contributed by atoms with van der Waals surface area (Å²) in [7, 11) is 0. The first-order valence-corrected chi connectivity index (χ1v) is 7.78. The molecule has 1 amide bonds. The summed E-state index contributed by atoms with van der Waals surface area (Å²) in [6.45, 7) is 3.85. The first kappa shape index (κ1) is 16.6. The van der Waals surface area contributed by atoms with E-state index in [1.165, 1.54) is 22.3 Å². The van der Waals surface area contributed by atoms with Crippen molar-refractivity contribution in [2.24, 2.45) is 0 Å². The van der Waals surface area contributed by atoms with Crippen LogP contribution in [0.25, 0.3) is 0 Å². The summed E-state index contributed by atoms with van der Waals surface area (Å²) >= 11 is 1.33. The summed E-state index contributed by atoms with van der Waals surface area (Å²) in [5.74, 6) is -0.838. The van der Waals surface area contributed by atoms with Gasteiger partial charge >= 0.3 is 5.97 Å². The molecule has 0 bridgehead atoms. The van der Waals surface area contributed by atoms with E-state index in [1.807, 2.05) is 6.92 Å². The third-order valence-electron chi connectivity index (χ3n) is 2.82. The number of aryl methyl sites for hydroxylation is 1. The zero-order valence-corrected chi connectivity index (χ0v) is 13.5. The van der Waals surface area contributed by atoms with Gasteiger partial charge < -0.3 is 10.1 Å². The topological polar surface area (TPSA) is 110 Å². The van der Waals surface area contributed by atoms with Crippen molar-refractivity contribution in [3.05, 3.63) is 28.7 Å². The smallest absolute Gasteiger partial charge is 0.341 e. The Kier molecular flexibility index (Phi) is 5.43. The number of carbonyl (C=O) groups is 2. The molecule has 0 aliphatic heterocycles. The van der Waals surface area contributed by atoms with Gasteiger partial charge in [0.15, 0.2) is 0 Å². The van der Waals surface area contributed by atoms with Crippen LogP contribution in [0.3, 0.4) is 0 Å². The molecule has 0 aromatic carbocycles. The average molecular weight is 333 g/mol. The van der Waals surface area contributed by atoms with Crippen LogP contribution in [0, 0.1) is 11.3 Å². The molecule has 8 nitrogen and oxygen atoms in total. The lowest BCUT2D eigenvalue weighted by Gasteiger charge is -2.05. The monoisotopic (exact) mass is 333 g/mol. The second kappa shape index (κ2) is 7.51. The predicted molar refractivity (Wildman–Crippen MR) is 83.0 cm³/mol. The molecule has 2 rings (SSSR count). The van der Waals surface area contributed by atoms with E-state index < -0.39 is 5.97 Å². The molecule has 0 radical (unpaired) electrons. The average Bonchev–Trinajstić information content (AvgIpc) is 3.14. The lowest BCUT2D eigenvalue weighted by atomic mass is 10.2. The maximum absolute atomic E-state index is 12.1. The SMILES string of the molecule is CCOC(=O)c1cc(CC)sc1NC(=O)Cn1cnc(C#N)n1. The van der Waals surface area contributed by atoms with Gasteiger partial charge in [-0.05, 0) is 19.4 Å². The van der Waals surface area contributed by atoms with Gasteiger partial charge in [-0.3, -0.25) is 4.79 Å². The van der Waals surface area contributed by atoms with E-state index in [1.54, 1.807) is 19.1 Å². The highest BCUT2D eigenvalue weighted by atomic mass is 32.1. The van der Waals surface area contributed by atoms with Crippen LogP contribution < -0.4 is 5.32 Å². The van der Waals surface area contributed by atoms with E-state index in [0.717, 1.165) is 11.3 Å². The number of nitriles is 1. The molecule has 2 aromatic rings. The van der Waals surface area contributed by atoms with Crippen LogP contribution in [-0.4, -0.2) is 33.2 Å². The molecule has 0 atom stereocenters. The first-order valence-electron chi connectivity index (χ1n) is 6.96. The minimum Gasteiger partial charge on any atom is -0.462 e. The summed E-state index contributed by atoms with van der Waals surface area (Å²) in [6.07, 6.45) is 2.05. The predicted octanol–water partition coefficient (Wildman–Crippen LogP) is 1.59. The summed E-state index contributed by atoms with van der Waals surface area (Å²) in [4.78, 5) is 28.7. The van der Waals surface area contributed by atoms with E-state index in [9.17, 15) is 9.59 Å². The van der Waals surface area contributed by atoms with Gasteiger partial charge in [-0.1, -0.05) is 6.92 Å². The molecule has 0 saturated carbocycles. The van der Waals surface area contributed by atoms with Crippen LogP contribution in [0.15, 0.2) is 12.4 Å². The second-order valence-corrected chi connectivity index (χ2v) is 5.59. The maximum atomic E-state index is 12.1. The Hall–Kier alpha value is -2.73. The van der Waals surface area contributed by atoms with Crippen molar-refractivity contribution in [2.75, 3.05) is 11.9 Å². The Morgan fingerprint density at radius 3 is 2.87 bits per heavy atom. The molecule has 0 saturated heterocycles. The molecular weight excluding hydrogens is 318 g/mol. The van der Waals surface area contributed by atoms with Gasteiger partial charge in [0.25, 0.3) is 5.82 Å². The molecule has 0 aliphatic carbocycles. The highest BCUT2D eigenvalue weighted by Crippen LogP contribution is 2.29. The van der Waals surface area contributed by atoms with Crippen molar-refractivity contribution < 1.29 is 14.3 Å². The second-order valence-electron chi connectivity index (χ2n) is 4.46. The summed E-state index contributed by atoms with van der Waals surface area (Å²) in [5.41, 5.74) is 0.346. The Balaban J connectivity index is 2.11. The number of hydrogen-bond donors (Lipinski definition) is 1. The Morgan fingerprint density at radius 1 is 1.48 bits per heavy atom. The molecule has 9 heteroatoms. The van der Waals surface area contributed by atoms with E-state index in [4.69, 9.17) is 10.00 Å². The Bertz CT molecular complexity index is 759.